The van der Waals surface area contributed by atoms with Crippen LogP contribution in [0.2, 0.25) is 5.02 Å². The van der Waals surface area contributed by atoms with Crippen LogP contribution in [0.1, 0.15) is 23.2 Å². The van der Waals surface area contributed by atoms with Crippen molar-refractivity contribution in [2.24, 2.45) is 11.7 Å². The first kappa shape index (κ1) is 18.4. The average Bonchev–Trinajstić information content (AvgIpc) is 2.38. The Hall–Kier alpha value is -0.550. The molecule has 0 radical (unpaired) electrons. The molecule has 2 heterocycles. The van der Waals surface area contributed by atoms with Gasteiger partial charge in [-0.25, -0.2) is 0 Å². The third kappa shape index (κ3) is 4.49. The van der Waals surface area contributed by atoms with E-state index in [-0.39, 0.29) is 30.7 Å². The Morgan fingerprint density at radius 2 is 2.26 bits per heavy atom. The SMILES string of the molecule is Cl.Cl.NCC1CCCN(C(=O)c2ccncc2Cl)C1. The molecule has 1 unspecified atom stereocenters. The van der Waals surface area contributed by atoms with Crippen molar-refractivity contribution in [3.8, 4) is 0 Å². The van der Waals surface area contributed by atoms with Crippen LogP contribution in [-0.2, 0) is 0 Å². The first-order valence-electron chi connectivity index (χ1n) is 5.81. The third-order valence-corrected chi connectivity index (χ3v) is 3.44. The van der Waals surface area contributed by atoms with Gasteiger partial charge in [0, 0.05) is 25.5 Å². The van der Waals surface area contributed by atoms with Crippen molar-refractivity contribution in [3.63, 3.8) is 0 Å². The second-order valence-electron chi connectivity index (χ2n) is 4.35. The van der Waals surface area contributed by atoms with Gasteiger partial charge in [-0.15, -0.1) is 24.8 Å². The average molecular weight is 327 g/mol. The number of nitrogens with zero attached hydrogens (tertiary/aromatic N) is 2. The van der Waals surface area contributed by atoms with Crippen LogP contribution < -0.4 is 5.73 Å². The molecule has 0 spiro atoms. The summed E-state index contributed by atoms with van der Waals surface area (Å²) in [6.07, 6.45) is 5.20. The Kier molecular flexibility index (Phi) is 8.34. The lowest BCUT2D eigenvalue weighted by atomic mass is 9.98. The van der Waals surface area contributed by atoms with Crippen LogP contribution in [0, 0.1) is 5.92 Å². The van der Waals surface area contributed by atoms with E-state index in [1.165, 1.54) is 6.20 Å². The highest BCUT2D eigenvalue weighted by molar-refractivity contribution is 6.33. The number of pyridine rings is 1. The Labute approximate surface area is 130 Å². The Morgan fingerprint density at radius 3 is 2.89 bits per heavy atom. The molecular weight excluding hydrogens is 309 g/mol. The van der Waals surface area contributed by atoms with Crippen LogP contribution in [0.15, 0.2) is 18.5 Å². The first-order chi connectivity index (χ1) is 8.22. The van der Waals surface area contributed by atoms with E-state index in [1.807, 2.05) is 4.90 Å². The molecule has 0 aliphatic carbocycles. The topological polar surface area (TPSA) is 59.2 Å². The molecule has 2 N–H and O–H groups in total. The molecule has 7 heteroatoms. The predicted molar refractivity (Wildman–Crippen MR) is 81.4 cm³/mol. The summed E-state index contributed by atoms with van der Waals surface area (Å²) in [6.45, 7) is 2.15. The smallest absolute Gasteiger partial charge is 0.255 e. The molecule has 2 rings (SSSR count). The number of carbonyl (C=O) groups excluding carboxylic acids is 1. The van der Waals surface area contributed by atoms with Gasteiger partial charge in [-0.1, -0.05) is 11.6 Å². The number of rotatable bonds is 2. The molecule has 0 aromatic carbocycles. The molecule has 4 nitrogen and oxygen atoms in total. The predicted octanol–water partition coefficient (Wildman–Crippen LogP) is 2.39. The van der Waals surface area contributed by atoms with Gasteiger partial charge in [0.1, 0.15) is 0 Å². The van der Waals surface area contributed by atoms with Gasteiger partial charge in [-0.05, 0) is 31.4 Å². The highest BCUT2D eigenvalue weighted by Crippen LogP contribution is 2.21. The second-order valence-corrected chi connectivity index (χ2v) is 4.76. The van der Waals surface area contributed by atoms with Crippen LogP contribution in [0.5, 0.6) is 0 Å². The number of aromatic nitrogens is 1. The quantitative estimate of drug-likeness (QED) is 0.908. The van der Waals surface area contributed by atoms with Crippen LogP contribution in [0.3, 0.4) is 0 Å². The third-order valence-electron chi connectivity index (χ3n) is 3.14. The summed E-state index contributed by atoms with van der Waals surface area (Å²) in [4.78, 5) is 18.0. The van der Waals surface area contributed by atoms with Crippen molar-refractivity contribution in [1.29, 1.82) is 0 Å². The van der Waals surface area contributed by atoms with Gasteiger partial charge in [0.25, 0.3) is 5.91 Å². The molecule has 108 valence electrons. The van der Waals surface area contributed by atoms with E-state index in [0.717, 1.165) is 25.9 Å². The molecule has 1 fully saturated rings. The van der Waals surface area contributed by atoms with Gasteiger partial charge in [0.2, 0.25) is 0 Å². The van der Waals surface area contributed by atoms with Gasteiger partial charge in [-0.3, -0.25) is 9.78 Å². The largest absolute Gasteiger partial charge is 0.338 e. The van der Waals surface area contributed by atoms with Gasteiger partial charge in [0.15, 0.2) is 0 Å². The molecule has 1 atom stereocenters. The maximum absolute atomic E-state index is 12.3. The zero-order valence-corrected chi connectivity index (χ0v) is 12.8. The second kappa shape index (κ2) is 8.59. The number of piperidine rings is 1. The van der Waals surface area contributed by atoms with E-state index in [0.29, 0.717) is 23.0 Å². The van der Waals surface area contributed by atoms with Gasteiger partial charge in [-0.2, -0.15) is 0 Å². The van der Waals surface area contributed by atoms with E-state index in [9.17, 15) is 4.79 Å². The Bertz CT molecular complexity index is 417. The Morgan fingerprint density at radius 1 is 1.53 bits per heavy atom. The van der Waals surface area contributed by atoms with E-state index in [2.05, 4.69) is 4.98 Å². The van der Waals surface area contributed by atoms with Crippen molar-refractivity contribution in [3.05, 3.63) is 29.0 Å². The van der Waals surface area contributed by atoms with Crippen molar-refractivity contribution < 1.29 is 4.79 Å². The molecule has 1 aromatic heterocycles. The molecule has 1 saturated heterocycles. The van der Waals surface area contributed by atoms with E-state index >= 15 is 0 Å². The van der Waals surface area contributed by atoms with E-state index < -0.39 is 0 Å². The Balaban J connectivity index is 0.00000162. The van der Waals surface area contributed by atoms with Crippen LogP contribution in [-0.4, -0.2) is 35.4 Å². The highest BCUT2D eigenvalue weighted by Gasteiger charge is 2.24. The number of carbonyl (C=O) groups is 1. The van der Waals surface area contributed by atoms with Gasteiger partial charge < -0.3 is 10.6 Å². The molecule has 1 aliphatic rings. The maximum atomic E-state index is 12.3. The van der Waals surface area contributed by atoms with Crippen molar-refractivity contribution in [2.75, 3.05) is 19.6 Å². The standard InChI is InChI=1S/C12H16ClN3O.2ClH/c13-11-7-15-4-3-10(11)12(17)16-5-1-2-9(6-14)8-16;;/h3-4,7,9H,1-2,5-6,8,14H2;2*1H. The normalized spacial score (nSPS) is 18.2. The summed E-state index contributed by atoms with van der Waals surface area (Å²) in [6, 6.07) is 1.66. The fraction of sp³-hybridized carbons (Fsp3) is 0.500. The molecule has 1 aromatic rings. The lowest BCUT2D eigenvalue weighted by Crippen LogP contribution is -2.42. The fourth-order valence-electron chi connectivity index (χ4n) is 2.16. The number of nitrogens with two attached hydrogens (primary N) is 1. The lowest BCUT2D eigenvalue weighted by Gasteiger charge is -2.32. The van der Waals surface area contributed by atoms with Crippen LogP contribution in [0.4, 0.5) is 0 Å². The summed E-state index contributed by atoms with van der Waals surface area (Å²) >= 11 is 5.97. The summed E-state index contributed by atoms with van der Waals surface area (Å²) in [5.41, 5.74) is 6.19. The highest BCUT2D eigenvalue weighted by atomic mass is 35.5. The van der Waals surface area contributed by atoms with Crippen molar-refractivity contribution in [1.82, 2.24) is 9.88 Å². The minimum atomic E-state index is -0.0180. The molecule has 1 aliphatic heterocycles. The summed E-state index contributed by atoms with van der Waals surface area (Å²) < 4.78 is 0. The zero-order chi connectivity index (χ0) is 12.3. The molecular formula is C12H18Cl3N3O. The lowest BCUT2D eigenvalue weighted by molar-refractivity contribution is 0.0678. The summed E-state index contributed by atoms with van der Waals surface area (Å²) in [7, 11) is 0. The molecule has 0 bridgehead atoms. The number of halogens is 3. The zero-order valence-electron chi connectivity index (χ0n) is 10.4. The molecule has 19 heavy (non-hydrogen) atoms. The fourth-order valence-corrected chi connectivity index (χ4v) is 2.36. The van der Waals surface area contributed by atoms with Gasteiger partial charge in [0.05, 0.1) is 10.6 Å². The van der Waals surface area contributed by atoms with E-state index in [1.54, 1.807) is 12.3 Å². The van der Waals surface area contributed by atoms with Crippen molar-refractivity contribution in [2.45, 2.75) is 12.8 Å². The van der Waals surface area contributed by atoms with Crippen molar-refractivity contribution >= 4 is 42.3 Å². The number of hydrogen-bond acceptors (Lipinski definition) is 3. The monoisotopic (exact) mass is 325 g/mol. The van der Waals surface area contributed by atoms with Crippen LogP contribution >= 0.6 is 36.4 Å². The molecule has 1 amide bonds. The number of amides is 1. The number of hydrogen-bond donors (Lipinski definition) is 1. The van der Waals surface area contributed by atoms with E-state index in [4.69, 9.17) is 17.3 Å². The maximum Gasteiger partial charge on any atom is 0.255 e. The van der Waals surface area contributed by atoms with Crippen LogP contribution in [0.25, 0.3) is 0 Å². The van der Waals surface area contributed by atoms with Gasteiger partial charge >= 0.3 is 0 Å². The number of likely N-dealkylation sites (tertiary alicyclic amines) is 1. The molecule has 0 saturated carbocycles. The minimum Gasteiger partial charge on any atom is -0.338 e. The first-order valence-corrected chi connectivity index (χ1v) is 6.19. The minimum absolute atomic E-state index is 0. The summed E-state index contributed by atoms with van der Waals surface area (Å²) in [5.74, 6) is 0.392. The summed E-state index contributed by atoms with van der Waals surface area (Å²) in [5, 5.41) is 0.410.